The smallest absolute Gasteiger partial charge is 0.261 e. The number of hydrogen-bond acceptors (Lipinski definition) is 4. The molecule has 0 saturated carbocycles. The van der Waals surface area contributed by atoms with Gasteiger partial charge in [0.15, 0.2) is 0 Å². The predicted molar refractivity (Wildman–Crippen MR) is 92.7 cm³/mol. The second-order valence-electron chi connectivity index (χ2n) is 4.62. The number of thiophene rings is 1. The summed E-state index contributed by atoms with van der Waals surface area (Å²) in [6.07, 6.45) is 0.912. The van der Waals surface area contributed by atoms with E-state index in [1.165, 1.54) is 23.2 Å². The van der Waals surface area contributed by atoms with E-state index in [1.807, 2.05) is 18.2 Å². The van der Waals surface area contributed by atoms with Crippen LogP contribution in [-0.2, 0) is 4.79 Å². The third-order valence-corrected chi connectivity index (χ3v) is 4.85. The van der Waals surface area contributed by atoms with Gasteiger partial charge >= 0.3 is 0 Å². The van der Waals surface area contributed by atoms with Crippen molar-refractivity contribution in [1.82, 2.24) is 5.32 Å². The number of rotatable bonds is 7. The largest absolute Gasteiger partial charge is 0.351 e. The molecule has 0 unspecified atom stereocenters. The van der Waals surface area contributed by atoms with Gasteiger partial charge in [0.25, 0.3) is 5.91 Å². The van der Waals surface area contributed by atoms with Crippen molar-refractivity contribution in [2.75, 3.05) is 17.6 Å². The first-order chi connectivity index (χ1) is 10.6. The SMILES string of the molecule is CC(=O)Nc1ccc(C(=O)NCCCSc2ccccc2)s1. The summed E-state index contributed by atoms with van der Waals surface area (Å²) in [6, 6.07) is 13.7. The third-order valence-electron chi connectivity index (χ3n) is 2.75. The standard InChI is InChI=1S/C16H18N2O2S2/c1-12(19)18-15-9-8-14(22-15)16(20)17-10-5-11-21-13-6-3-2-4-7-13/h2-4,6-9H,5,10-11H2,1H3,(H,17,20)(H,18,19). The van der Waals surface area contributed by atoms with Crippen LogP contribution in [0.3, 0.4) is 0 Å². The van der Waals surface area contributed by atoms with Gasteiger partial charge in [-0.05, 0) is 36.4 Å². The van der Waals surface area contributed by atoms with Crippen LogP contribution in [0.15, 0.2) is 47.4 Å². The maximum absolute atomic E-state index is 12.0. The number of benzene rings is 1. The van der Waals surface area contributed by atoms with E-state index in [4.69, 9.17) is 0 Å². The molecule has 0 fully saturated rings. The fraction of sp³-hybridized carbons (Fsp3) is 0.250. The summed E-state index contributed by atoms with van der Waals surface area (Å²) in [4.78, 5) is 24.8. The lowest BCUT2D eigenvalue weighted by Crippen LogP contribution is -2.23. The minimum Gasteiger partial charge on any atom is -0.351 e. The van der Waals surface area contributed by atoms with Crippen LogP contribution in [0.4, 0.5) is 5.00 Å². The van der Waals surface area contributed by atoms with Gasteiger partial charge in [-0.3, -0.25) is 9.59 Å². The summed E-state index contributed by atoms with van der Waals surface area (Å²) in [5.74, 6) is 0.740. The summed E-state index contributed by atoms with van der Waals surface area (Å²) in [5.41, 5.74) is 0. The molecule has 1 aromatic heterocycles. The van der Waals surface area contributed by atoms with Crippen LogP contribution in [0.1, 0.15) is 23.0 Å². The predicted octanol–water partition coefficient (Wildman–Crippen LogP) is 3.62. The van der Waals surface area contributed by atoms with E-state index >= 15 is 0 Å². The second-order valence-corrected chi connectivity index (χ2v) is 6.87. The van der Waals surface area contributed by atoms with Gasteiger partial charge in [-0.1, -0.05) is 18.2 Å². The molecule has 22 heavy (non-hydrogen) atoms. The quantitative estimate of drug-likeness (QED) is 0.600. The Labute approximate surface area is 138 Å². The monoisotopic (exact) mass is 334 g/mol. The summed E-state index contributed by atoms with van der Waals surface area (Å²) >= 11 is 3.06. The van der Waals surface area contributed by atoms with Crippen molar-refractivity contribution in [2.45, 2.75) is 18.2 Å². The van der Waals surface area contributed by atoms with Crippen LogP contribution in [0.25, 0.3) is 0 Å². The summed E-state index contributed by atoms with van der Waals surface area (Å²) in [5, 5.41) is 6.26. The van der Waals surface area contributed by atoms with Crippen LogP contribution < -0.4 is 10.6 Å². The van der Waals surface area contributed by atoms with Gasteiger partial charge in [-0.15, -0.1) is 23.1 Å². The van der Waals surface area contributed by atoms with Crippen molar-refractivity contribution in [1.29, 1.82) is 0 Å². The Kier molecular flexibility index (Phi) is 6.48. The first-order valence-electron chi connectivity index (χ1n) is 6.98. The number of hydrogen-bond donors (Lipinski definition) is 2. The maximum atomic E-state index is 12.0. The molecule has 0 aliphatic heterocycles. The molecule has 4 nitrogen and oxygen atoms in total. The molecule has 1 aromatic carbocycles. The number of carbonyl (C=O) groups is 2. The van der Waals surface area contributed by atoms with E-state index in [0.29, 0.717) is 16.4 Å². The Morgan fingerprint density at radius 2 is 1.91 bits per heavy atom. The lowest BCUT2D eigenvalue weighted by molar-refractivity contribution is -0.114. The van der Waals surface area contributed by atoms with Gasteiger partial charge in [0.2, 0.25) is 5.91 Å². The molecule has 2 amide bonds. The first kappa shape index (κ1) is 16.6. The van der Waals surface area contributed by atoms with Crippen molar-refractivity contribution in [3.8, 4) is 0 Å². The Bertz CT molecular complexity index is 626. The Morgan fingerprint density at radius 3 is 2.64 bits per heavy atom. The molecule has 2 aromatic rings. The molecule has 0 spiro atoms. The van der Waals surface area contributed by atoms with Gasteiger partial charge in [0.05, 0.1) is 9.88 Å². The van der Waals surface area contributed by atoms with Crippen LogP contribution in [-0.4, -0.2) is 24.1 Å². The van der Waals surface area contributed by atoms with E-state index in [2.05, 4.69) is 22.8 Å². The van der Waals surface area contributed by atoms with Crippen molar-refractivity contribution >= 4 is 39.9 Å². The molecule has 0 radical (unpaired) electrons. The highest BCUT2D eigenvalue weighted by Gasteiger charge is 2.09. The van der Waals surface area contributed by atoms with Crippen LogP contribution >= 0.6 is 23.1 Å². The molecular weight excluding hydrogens is 316 g/mol. The fourth-order valence-electron chi connectivity index (χ4n) is 1.77. The molecule has 1 heterocycles. The fourth-order valence-corrected chi connectivity index (χ4v) is 3.51. The molecule has 0 bridgehead atoms. The van der Waals surface area contributed by atoms with Gasteiger partial charge in [-0.25, -0.2) is 0 Å². The Hall–Kier alpha value is -1.79. The van der Waals surface area contributed by atoms with Crippen molar-refractivity contribution in [2.24, 2.45) is 0 Å². The first-order valence-corrected chi connectivity index (χ1v) is 8.79. The van der Waals surface area contributed by atoms with E-state index in [-0.39, 0.29) is 11.8 Å². The lowest BCUT2D eigenvalue weighted by Gasteiger charge is -2.04. The molecule has 0 aliphatic rings. The van der Waals surface area contributed by atoms with E-state index in [9.17, 15) is 9.59 Å². The topological polar surface area (TPSA) is 58.2 Å². The minimum absolute atomic E-state index is 0.0914. The molecule has 2 N–H and O–H groups in total. The molecular formula is C16H18N2O2S2. The van der Waals surface area contributed by atoms with E-state index in [0.717, 1.165) is 12.2 Å². The molecule has 6 heteroatoms. The van der Waals surface area contributed by atoms with Gasteiger partial charge in [0.1, 0.15) is 0 Å². The van der Waals surface area contributed by atoms with E-state index in [1.54, 1.807) is 23.9 Å². The second kappa shape index (κ2) is 8.60. The van der Waals surface area contributed by atoms with Crippen molar-refractivity contribution in [3.63, 3.8) is 0 Å². The van der Waals surface area contributed by atoms with E-state index < -0.39 is 0 Å². The zero-order valence-corrected chi connectivity index (χ0v) is 13.9. The van der Waals surface area contributed by atoms with Crippen LogP contribution in [0.5, 0.6) is 0 Å². The number of nitrogens with one attached hydrogen (secondary N) is 2. The molecule has 2 rings (SSSR count). The average molecular weight is 334 g/mol. The number of amides is 2. The molecule has 0 aliphatic carbocycles. The van der Waals surface area contributed by atoms with Gasteiger partial charge in [-0.2, -0.15) is 0 Å². The Balaban J connectivity index is 1.67. The number of anilines is 1. The highest BCUT2D eigenvalue weighted by molar-refractivity contribution is 7.99. The summed E-state index contributed by atoms with van der Waals surface area (Å²) < 4.78 is 0. The molecule has 0 saturated heterocycles. The number of carbonyl (C=O) groups excluding carboxylic acids is 2. The van der Waals surface area contributed by atoms with Crippen LogP contribution in [0, 0.1) is 0 Å². The zero-order chi connectivity index (χ0) is 15.8. The number of thioether (sulfide) groups is 1. The van der Waals surface area contributed by atoms with Crippen LogP contribution in [0.2, 0.25) is 0 Å². The summed E-state index contributed by atoms with van der Waals surface area (Å²) in [6.45, 7) is 2.09. The Morgan fingerprint density at radius 1 is 1.14 bits per heavy atom. The summed E-state index contributed by atoms with van der Waals surface area (Å²) in [7, 11) is 0. The van der Waals surface area contributed by atoms with Crippen molar-refractivity contribution < 1.29 is 9.59 Å². The highest BCUT2D eigenvalue weighted by Crippen LogP contribution is 2.21. The minimum atomic E-state index is -0.133. The highest BCUT2D eigenvalue weighted by atomic mass is 32.2. The molecule has 116 valence electrons. The van der Waals surface area contributed by atoms with Gasteiger partial charge in [0, 0.05) is 18.4 Å². The zero-order valence-electron chi connectivity index (χ0n) is 12.3. The van der Waals surface area contributed by atoms with Gasteiger partial charge < -0.3 is 10.6 Å². The van der Waals surface area contributed by atoms with Crippen molar-refractivity contribution in [3.05, 3.63) is 47.3 Å². The normalized spacial score (nSPS) is 10.2. The average Bonchev–Trinajstić information content (AvgIpc) is 2.95. The maximum Gasteiger partial charge on any atom is 0.261 e. The third kappa shape index (κ3) is 5.54. The lowest BCUT2D eigenvalue weighted by atomic mass is 10.4. The molecule has 0 atom stereocenters.